The molecule has 2 N–H and O–H groups in total. The topological polar surface area (TPSA) is 110 Å². The Labute approximate surface area is 183 Å². The molecule has 3 heterocycles. The maximum atomic E-state index is 13.3. The van der Waals surface area contributed by atoms with E-state index in [1.807, 2.05) is 12.1 Å². The molecule has 8 nitrogen and oxygen atoms in total. The minimum atomic E-state index is -1.65. The van der Waals surface area contributed by atoms with Crippen LogP contribution in [0.3, 0.4) is 0 Å². The van der Waals surface area contributed by atoms with Crippen molar-refractivity contribution in [3.63, 3.8) is 0 Å². The van der Waals surface area contributed by atoms with Gasteiger partial charge in [0.05, 0.1) is 24.6 Å². The Bertz CT molecular complexity index is 1060. The molecule has 0 bridgehead atoms. The van der Waals surface area contributed by atoms with Crippen molar-refractivity contribution in [3.8, 4) is 16.9 Å². The summed E-state index contributed by atoms with van der Waals surface area (Å²) in [5.74, 6) is 1.21. The van der Waals surface area contributed by atoms with E-state index in [0.29, 0.717) is 39.8 Å². The van der Waals surface area contributed by atoms with Gasteiger partial charge in [-0.1, -0.05) is 12.8 Å². The number of nitrogens with one attached hydrogen (secondary N) is 1. The first-order chi connectivity index (χ1) is 15.2. The van der Waals surface area contributed by atoms with Gasteiger partial charge in [-0.25, -0.2) is 14.2 Å². The van der Waals surface area contributed by atoms with Gasteiger partial charge in [0.15, 0.2) is 5.03 Å². The smallest absolute Gasteiger partial charge is 0.152 e. The third kappa shape index (κ3) is 4.88. The molecular formula is C22H25N5O3S. The number of rotatable bonds is 8. The van der Waals surface area contributed by atoms with Crippen LogP contribution in [-0.2, 0) is 17.2 Å². The maximum absolute atomic E-state index is 13.3. The first-order valence-corrected chi connectivity index (χ1v) is 11.4. The first kappa shape index (κ1) is 21.3. The standard InChI is InChI=1S/C22H25N5O3S/c1-30-18-12-19(31(29)20-14-24-13-17(25-20)8-11-28)27-22(26-16-4-2-3-5-16)21(18)15-6-9-23-10-7-15/h6-7,9-10,12-14,16,28H,2-5,8,11H2,1H3,(H,26,27). The lowest BCUT2D eigenvalue weighted by molar-refractivity contribution is 0.297. The predicted molar refractivity (Wildman–Crippen MR) is 117 cm³/mol. The Hall–Kier alpha value is -2.91. The highest BCUT2D eigenvalue weighted by atomic mass is 32.2. The normalized spacial score (nSPS) is 15.0. The van der Waals surface area contributed by atoms with Gasteiger partial charge in [-0.05, 0) is 30.5 Å². The Morgan fingerprint density at radius 1 is 1.13 bits per heavy atom. The number of ether oxygens (including phenoxy) is 1. The Morgan fingerprint density at radius 2 is 1.90 bits per heavy atom. The summed E-state index contributed by atoms with van der Waals surface area (Å²) in [5, 5.41) is 13.3. The van der Waals surface area contributed by atoms with E-state index in [1.54, 1.807) is 31.8 Å². The van der Waals surface area contributed by atoms with Crippen LogP contribution in [0.1, 0.15) is 31.4 Å². The second kappa shape index (κ2) is 9.93. The predicted octanol–water partition coefficient (Wildman–Crippen LogP) is 3.00. The summed E-state index contributed by atoms with van der Waals surface area (Å²) in [6.45, 7) is -0.0487. The molecule has 162 valence electrons. The molecule has 9 heteroatoms. The van der Waals surface area contributed by atoms with Crippen molar-refractivity contribution >= 4 is 16.6 Å². The molecule has 1 unspecified atom stereocenters. The quantitative estimate of drug-likeness (QED) is 0.551. The van der Waals surface area contributed by atoms with Crippen molar-refractivity contribution in [2.75, 3.05) is 19.0 Å². The molecule has 0 aliphatic heterocycles. The van der Waals surface area contributed by atoms with E-state index in [0.717, 1.165) is 24.0 Å². The van der Waals surface area contributed by atoms with Crippen molar-refractivity contribution in [2.45, 2.75) is 48.2 Å². The Balaban J connectivity index is 1.78. The van der Waals surface area contributed by atoms with Gasteiger partial charge in [0.2, 0.25) is 0 Å². The van der Waals surface area contributed by atoms with Gasteiger partial charge in [0.25, 0.3) is 0 Å². The highest BCUT2D eigenvalue weighted by molar-refractivity contribution is 7.84. The van der Waals surface area contributed by atoms with E-state index < -0.39 is 10.8 Å². The number of methoxy groups -OCH3 is 1. The van der Waals surface area contributed by atoms with E-state index in [1.165, 1.54) is 19.0 Å². The third-order valence-corrected chi connectivity index (χ3v) is 6.42. The summed E-state index contributed by atoms with van der Waals surface area (Å²) in [6.07, 6.45) is 11.3. The van der Waals surface area contributed by atoms with Crippen molar-refractivity contribution < 1.29 is 14.1 Å². The van der Waals surface area contributed by atoms with Crippen LogP contribution in [0.25, 0.3) is 11.1 Å². The zero-order valence-corrected chi connectivity index (χ0v) is 18.1. The molecule has 1 aliphatic rings. The largest absolute Gasteiger partial charge is 0.496 e. The van der Waals surface area contributed by atoms with E-state index >= 15 is 0 Å². The number of aromatic nitrogens is 4. The summed E-state index contributed by atoms with van der Waals surface area (Å²) >= 11 is 0. The molecule has 4 rings (SSSR count). The van der Waals surface area contributed by atoms with Gasteiger partial charge < -0.3 is 15.2 Å². The Kier molecular flexibility index (Phi) is 6.83. The molecule has 1 aliphatic carbocycles. The van der Waals surface area contributed by atoms with Crippen molar-refractivity contribution in [3.05, 3.63) is 48.7 Å². The number of aliphatic hydroxyl groups is 1. The third-order valence-electron chi connectivity index (χ3n) is 5.25. The van der Waals surface area contributed by atoms with E-state index in [4.69, 9.17) is 14.8 Å². The maximum Gasteiger partial charge on any atom is 0.152 e. The lowest BCUT2D eigenvalue weighted by atomic mass is 10.1. The van der Waals surface area contributed by atoms with E-state index in [-0.39, 0.29) is 6.61 Å². The number of anilines is 1. The zero-order valence-electron chi connectivity index (χ0n) is 17.3. The van der Waals surface area contributed by atoms with Gasteiger partial charge in [0, 0.05) is 43.7 Å². The molecule has 0 aromatic carbocycles. The molecule has 0 saturated heterocycles. The van der Waals surface area contributed by atoms with Gasteiger partial charge in [-0.3, -0.25) is 9.97 Å². The SMILES string of the molecule is COc1cc(S(=O)c2cncc(CCO)n2)nc(NC2CCCC2)c1-c1ccncc1. The average molecular weight is 440 g/mol. The van der Waals surface area contributed by atoms with E-state index in [9.17, 15) is 4.21 Å². The van der Waals surface area contributed by atoms with Crippen LogP contribution in [0.5, 0.6) is 5.75 Å². The van der Waals surface area contributed by atoms with Gasteiger partial charge in [-0.2, -0.15) is 0 Å². The van der Waals surface area contributed by atoms with E-state index in [2.05, 4.69) is 20.3 Å². The lowest BCUT2D eigenvalue weighted by Gasteiger charge is -2.19. The lowest BCUT2D eigenvalue weighted by Crippen LogP contribution is -2.17. The monoisotopic (exact) mass is 439 g/mol. The number of nitrogens with zero attached hydrogens (tertiary/aromatic N) is 4. The molecule has 3 aromatic rings. The molecule has 0 radical (unpaired) electrons. The average Bonchev–Trinajstić information content (AvgIpc) is 3.32. The van der Waals surface area contributed by atoms with Crippen molar-refractivity contribution in [1.29, 1.82) is 0 Å². The second-order valence-corrected chi connectivity index (χ2v) is 8.71. The van der Waals surface area contributed by atoms with Crippen molar-refractivity contribution in [2.24, 2.45) is 0 Å². The Morgan fingerprint density at radius 3 is 2.61 bits per heavy atom. The van der Waals surface area contributed by atoms with Gasteiger partial charge >= 0.3 is 0 Å². The molecule has 0 amide bonds. The highest BCUT2D eigenvalue weighted by Gasteiger charge is 2.23. The van der Waals surface area contributed by atoms with Crippen LogP contribution in [0.15, 0.2) is 53.0 Å². The van der Waals surface area contributed by atoms with Crippen LogP contribution in [-0.4, -0.2) is 49.0 Å². The summed E-state index contributed by atoms with van der Waals surface area (Å²) in [5.41, 5.74) is 2.32. The summed E-state index contributed by atoms with van der Waals surface area (Å²) in [4.78, 5) is 17.3. The second-order valence-electron chi connectivity index (χ2n) is 7.34. The first-order valence-electron chi connectivity index (χ1n) is 10.3. The molecule has 31 heavy (non-hydrogen) atoms. The van der Waals surface area contributed by atoms with Crippen LogP contribution >= 0.6 is 0 Å². The highest BCUT2D eigenvalue weighted by Crippen LogP contribution is 2.38. The number of aliphatic hydroxyl groups excluding tert-OH is 1. The number of pyridine rings is 2. The summed E-state index contributed by atoms with van der Waals surface area (Å²) in [7, 11) is -0.0583. The summed E-state index contributed by atoms with van der Waals surface area (Å²) in [6, 6.07) is 5.81. The number of hydrogen-bond acceptors (Lipinski definition) is 8. The molecular weight excluding hydrogens is 414 g/mol. The fourth-order valence-corrected chi connectivity index (χ4v) is 4.70. The number of hydrogen-bond donors (Lipinski definition) is 2. The van der Waals surface area contributed by atoms with Crippen LogP contribution in [0.4, 0.5) is 5.82 Å². The molecule has 3 aromatic heterocycles. The van der Waals surface area contributed by atoms with Gasteiger partial charge in [-0.15, -0.1) is 0 Å². The fraction of sp³-hybridized carbons (Fsp3) is 0.364. The van der Waals surface area contributed by atoms with Gasteiger partial charge in [0.1, 0.15) is 27.4 Å². The van der Waals surface area contributed by atoms with Crippen LogP contribution in [0.2, 0.25) is 0 Å². The molecule has 1 atom stereocenters. The molecule has 1 saturated carbocycles. The molecule has 1 fully saturated rings. The van der Waals surface area contributed by atoms with Crippen LogP contribution < -0.4 is 10.1 Å². The minimum Gasteiger partial charge on any atom is -0.496 e. The minimum absolute atomic E-state index is 0.0487. The summed E-state index contributed by atoms with van der Waals surface area (Å²) < 4.78 is 19.0. The zero-order chi connectivity index (χ0) is 21.6. The molecule has 0 spiro atoms. The van der Waals surface area contributed by atoms with Crippen LogP contribution in [0, 0.1) is 0 Å². The van der Waals surface area contributed by atoms with Crippen molar-refractivity contribution in [1.82, 2.24) is 19.9 Å². The fourth-order valence-electron chi connectivity index (χ4n) is 3.74.